The summed E-state index contributed by atoms with van der Waals surface area (Å²) in [5.74, 6) is 0.612. The normalized spacial score (nSPS) is 20.9. The highest BCUT2D eigenvalue weighted by molar-refractivity contribution is 5.76. The minimum Gasteiger partial charge on any atom is -0.305 e. The molecule has 0 saturated carbocycles. The number of rotatable bonds is 4. The molecule has 0 N–H and O–H groups in total. The van der Waals surface area contributed by atoms with E-state index in [1.165, 1.54) is 5.57 Å². The van der Waals surface area contributed by atoms with Gasteiger partial charge in [-0.3, -0.25) is 4.79 Å². The molecule has 0 amide bonds. The molecule has 0 spiro atoms. The zero-order valence-electron chi connectivity index (χ0n) is 8.58. The Bertz CT molecular complexity index is 251. The second-order valence-corrected chi connectivity index (χ2v) is 3.88. The average Bonchev–Trinajstić information content (AvgIpc) is 2.34. The molecule has 0 bridgehead atoms. The lowest BCUT2D eigenvalue weighted by Gasteiger charge is -2.16. The van der Waals surface area contributed by atoms with Gasteiger partial charge in [0.2, 0.25) is 0 Å². The first-order valence-electron chi connectivity index (χ1n) is 4.61. The highest BCUT2D eigenvalue weighted by Gasteiger charge is 2.16. The summed E-state index contributed by atoms with van der Waals surface area (Å²) in [6.07, 6.45) is 6.93. The predicted octanol–water partition coefficient (Wildman–Crippen LogP) is 1.64. The molecule has 0 aromatic heterocycles. The molecular formula is C11H17NO. The Hall–Kier alpha value is -0.890. The molecule has 1 aliphatic carbocycles. The van der Waals surface area contributed by atoms with Crippen molar-refractivity contribution in [3.05, 3.63) is 23.8 Å². The van der Waals surface area contributed by atoms with Gasteiger partial charge in [0.1, 0.15) is 5.78 Å². The van der Waals surface area contributed by atoms with E-state index in [0.717, 1.165) is 6.54 Å². The Balaban J connectivity index is 2.51. The van der Waals surface area contributed by atoms with Crippen molar-refractivity contribution in [3.63, 3.8) is 0 Å². The van der Waals surface area contributed by atoms with E-state index < -0.39 is 0 Å². The van der Waals surface area contributed by atoms with E-state index in [9.17, 15) is 4.79 Å². The standard InChI is InChI=1S/C11H17NO/c1-9(13)7-10-5-4-6-11(10)8-12(2)3/h4-6,10H,7-8H2,1-3H3. The van der Waals surface area contributed by atoms with Gasteiger partial charge in [-0.05, 0) is 26.6 Å². The lowest BCUT2D eigenvalue weighted by molar-refractivity contribution is -0.117. The third-order valence-electron chi connectivity index (χ3n) is 2.14. The van der Waals surface area contributed by atoms with Crippen molar-refractivity contribution >= 4 is 5.78 Å². The van der Waals surface area contributed by atoms with Crippen LogP contribution in [0.1, 0.15) is 13.3 Å². The van der Waals surface area contributed by atoms with Crippen LogP contribution in [0.2, 0.25) is 0 Å². The maximum absolute atomic E-state index is 11.0. The molecule has 0 radical (unpaired) electrons. The molecule has 0 fully saturated rings. The van der Waals surface area contributed by atoms with Crippen molar-refractivity contribution in [1.82, 2.24) is 4.90 Å². The SMILES string of the molecule is CC(=O)CC1C=CC=C1CN(C)C. The van der Waals surface area contributed by atoms with Crippen LogP contribution in [0.5, 0.6) is 0 Å². The van der Waals surface area contributed by atoms with E-state index in [0.29, 0.717) is 12.3 Å². The first-order chi connectivity index (χ1) is 6.09. The van der Waals surface area contributed by atoms with Gasteiger partial charge in [0.05, 0.1) is 0 Å². The molecular weight excluding hydrogens is 162 g/mol. The third kappa shape index (κ3) is 3.15. The molecule has 0 aliphatic heterocycles. The van der Waals surface area contributed by atoms with Crippen molar-refractivity contribution in [2.24, 2.45) is 5.92 Å². The summed E-state index contributed by atoms with van der Waals surface area (Å²) < 4.78 is 0. The number of allylic oxidation sites excluding steroid dienone is 3. The lowest BCUT2D eigenvalue weighted by atomic mass is 9.97. The van der Waals surface area contributed by atoms with Crippen LogP contribution in [0.3, 0.4) is 0 Å². The molecule has 2 nitrogen and oxygen atoms in total. The molecule has 1 aliphatic rings. The molecule has 0 aromatic carbocycles. The third-order valence-corrected chi connectivity index (χ3v) is 2.14. The fourth-order valence-electron chi connectivity index (χ4n) is 1.60. The zero-order chi connectivity index (χ0) is 9.84. The number of Topliss-reactive ketones (excluding diaryl/α,β-unsaturated/α-hetero) is 1. The van der Waals surface area contributed by atoms with Gasteiger partial charge < -0.3 is 4.90 Å². The fraction of sp³-hybridized carbons (Fsp3) is 0.545. The Morgan fingerprint density at radius 3 is 2.77 bits per heavy atom. The number of hydrogen-bond donors (Lipinski definition) is 0. The lowest BCUT2D eigenvalue weighted by Crippen LogP contribution is -2.19. The highest BCUT2D eigenvalue weighted by Crippen LogP contribution is 2.23. The Morgan fingerprint density at radius 2 is 2.23 bits per heavy atom. The van der Waals surface area contributed by atoms with Crippen LogP contribution in [0.25, 0.3) is 0 Å². The molecule has 0 saturated heterocycles. The molecule has 1 unspecified atom stereocenters. The van der Waals surface area contributed by atoms with Crippen LogP contribution in [0.4, 0.5) is 0 Å². The van der Waals surface area contributed by atoms with Crippen LogP contribution in [-0.4, -0.2) is 31.3 Å². The van der Waals surface area contributed by atoms with Gasteiger partial charge in [-0.2, -0.15) is 0 Å². The Kier molecular flexibility index (Phi) is 3.43. The van der Waals surface area contributed by atoms with Gasteiger partial charge in [-0.15, -0.1) is 0 Å². The number of carbonyl (C=O) groups excluding carboxylic acids is 1. The monoisotopic (exact) mass is 179 g/mol. The summed E-state index contributed by atoms with van der Waals surface area (Å²) in [6.45, 7) is 2.60. The van der Waals surface area contributed by atoms with E-state index in [1.54, 1.807) is 6.92 Å². The van der Waals surface area contributed by atoms with Crippen molar-refractivity contribution < 1.29 is 4.79 Å². The van der Waals surface area contributed by atoms with Gasteiger partial charge >= 0.3 is 0 Å². The summed E-state index contributed by atoms with van der Waals surface area (Å²) in [6, 6.07) is 0. The van der Waals surface area contributed by atoms with E-state index in [1.807, 2.05) is 20.2 Å². The average molecular weight is 179 g/mol. The van der Waals surface area contributed by atoms with Gasteiger partial charge in [0.15, 0.2) is 0 Å². The smallest absolute Gasteiger partial charge is 0.130 e. The molecule has 2 heteroatoms. The largest absolute Gasteiger partial charge is 0.305 e. The summed E-state index contributed by atoms with van der Waals surface area (Å²) in [4.78, 5) is 13.1. The van der Waals surface area contributed by atoms with Crippen LogP contribution in [0, 0.1) is 5.92 Å². The summed E-state index contributed by atoms with van der Waals surface area (Å²) in [7, 11) is 4.09. The minimum atomic E-state index is 0.265. The van der Waals surface area contributed by atoms with Crippen LogP contribution in [-0.2, 0) is 4.79 Å². The second kappa shape index (κ2) is 4.38. The number of likely N-dealkylation sites (N-methyl/N-ethyl adjacent to an activating group) is 1. The topological polar surface area (TPSA) is 20.3 Å². The maximum atomic E-state index is 11.0. The summed E-state index contributed by atoms with van der Waals surface area (Å²) >= 11 is 0. The number of ketones is 1. The molecule has 72 valence electrons. The number of nitrogens with zero attached hydrogens (tertiary/aromatic N) is 1. The van der Waals surface area contributed by atoms with Crippen LogP contribution in [0.15, 0.2) is 23.8 Å². The van der Waals surface area contributed by atoms with Crippen LogP contribution < -0.4 is 0 Å². The van der Waals surface area contributed by atoms with Gasteiger partial charge in [0, 0.05) is 18.9 Å². The molecule has 0 heterocycles. The zero-order valence-corrected chi connectivity index (χ0v) is 8.58. The van der Waals surface area contributed by atoms with E-state index in [-0.39, 0.29) is 5.78 Å². The summed E-state index contributed by atoms with van der Waals surface area (Å²) in [5, 5.41) is 0. The van der Waals surface area contributed by atoms with Gasteiger partial charge in [0.25, 0.3) is 0 Å². The Morgan fingerprint density at radius 1 is 1.54 bits per heavy atom. The highest BCUT2D eigenvalue weighted by atomic mass is 16.1. The molecule has 1 atom stereocenters. The van der Waals surface area contributed by atoms with E-state index in [2.05, 4.69) is 17.1 Å². The Labute approximate surface area is 79.9 Å². The van der Waals surface area contributed by atoms with E-state index >= 15 is 0 Å². The maximum Gasteiger partial charge on any atom is 0.130 e. The quantitative estimate of drug-likeness (QED) is 0.654. The van der Waals surface area contributed by atoms with Gasteiger partial charge in [-0.1, -0.05) is 18.2 Å². The number of carbonyl (C=O) groups is 1. The van der Waals surface area contributed by atoms with Crippen molar-refractivity contribution in [3.8, 4) is 0 Å². The molecule has 0 aromatic rings. The van der Waals surface area contributed by atoms with Crippen molar-refractivity contribution in [2.75, 3.05) is 20.6 Å². The first kappa shape index (κ1) is 10.2. The number of hydrogen-bond acceptors (Lipinski definition) is 2. The second-order valence-electron chi connectivity index (χ2n) is 3.88. The molecule has 13 heavy (non-hydrogen) atoms. The first-order valence-corrected chi connectivity index (χ1v) is 4.61. The van der Waals surface area contributed by atoms with Gasteiger partial charge in [-0.25, -0.2) is 0 Å². The van der Waals surface area contributed by atoms with Crippen LogP contribution >= 0.6 is 0 Å². The molecule has 1 rings (SSSR count). The minimum absolute atomic E-state index is 0.265. The summed E-state index contributed by atoms with van der Waals surface area (Å²) in [5.41, 5.74) is 1.35. The predicted molar refractivity (Wildman–Crippen MR) is 54.6 cm³/mol. The van der Waals surface area contributed by atoms with Crippen molar-refractivity contribution in [1.29, 1.82) is 0 Å². The van der Waals surface area contributed by atoms with E-state index in [4.69, 9.17) is 0 Å². The van der Waals surface area contributed by atoms with Crippen molar-refractivity contribution in [2.45, 2.75) is 13.3 Å². The fourth-order valence-corrected chi connectivity index (χ4v) is 1.60.